The molecule has 0 amide bonds. The molecule has 0 saturated carbocycles. The molecule has 2 rings (SSSR count). The van der Waals surface area contributed by atoms with Crippen molar-refractivity contribution in [2.75, 3.05) is 0 Å². The average Bonchev–Trinajstić information content (AvgIpc) is 2.74. The van der Waals surface area contributed by atoms with E-state index in [2.05, 4.69) is 0 Å². The Kier molecular flexibility index (Phi) is 3.10. The van der Waals surface area contributed by atoms with Crippen molar-refractivity contribution in [1.29, 1.82) is 0 Å². The zero-order valence-corrected chi connectivity index (χ0v) is 10.7. The first-order valence-corrected chi connectivity index (χ1v) is 6.16. The summed E-state index contributed by atoms with van der Waals surface area (Å²) in [6.07, 6.45) is 1.69. The molecule has 15 heavy (non-hydrogen) atoms. The summed E-state index contributed by atoms with van der Waals surface area (Å²) in [4.78, 5) is 1.06. The summed E-state index contributed by atoms with van der Waals surface area (Å²) in [5.41, 5.74) is 2.05. The second-order valence-corrected chi connectivity index (χ2v) is 5.58. The molecule has 4 heteroatoms. The van der Waals surface area contributed by atoms with Gasteiger partial charge in [0.25, 0.3) is 0 Å². The number of aryl methyl sites for hydroxylation is 2. The van der Waals surface area contributed by atoms with Gasteiger partial charge in [-0.05, 0) is 31.5 Å². The molecule has 2 aromatic rings. The molecule has 0 aromatic carbocycles. The van der Waals surface area contributed by atoms with Crippen molar-refractivity contribution in [2.45, 2.75) is 19.2 Å². The van der Waals surface area contributed by atoms with Gasteiger partial charge in [0.15, 0.2) is 0 Å². The second-order valence-electron chi connectivity index (χ2n) is 3.46. The van der Waals surface area contributed by atoms with Crippen LogP contribution < -0.4 is 0 Å². The van der Waals surface area contributed by atoms with Crippen LogP contribution in [0.3, 0.4) is 0 Å². The monoisotopic (exact) mass is 260 g/mol. The average molecular weight is 261 g/mol. The van der Waals surface area contributed by atoms with Crippen LogP contribution in [0.2, 0.25) is 4.34 Å². The van der Waals surface area contributed by atoms with E-state index in [0.29, 0.717) is 0 Å². The molecule has 0 aliphatic heterocycles. The van der Waals surface area contributed by atoms with E-state index in [9.17, 15) is 0 Å². The minimum atomic E-state index is -0.168. The van der Waals surface area contributed by atoms with E-state index in [0.717, 1.165) is 26.1 Å². The first kappa shape index (κ1) is 11.1. The van der Waals surface area contributed by atoms with Gasteiger partial charge in [0.05, 0.1) is 16.0 Å². The number of hydrogen-bond acceptors (Lipinski definition) is 2. The van der Waals surface area contributed by atoms with Crippen LogP contribution in [0.25, 0.3) is 0 Å². The lowest BCUT2D eigenvalue weighted by molar-refractivity contribution is 0.532. The van der Waals surface area contributed by atoms with Crippen LogP contribution in [0.4, 0.5) is 0 Å². The Labute approximate surface area is 103 Å². The zero-order valence-electron chi connectivity index (χ0n) is 8.38. The molecule has 80 valence electrons. The summed E-state index contributed by atoms with van der Waals surface area (Å²) < 4.78 is 6.03. The van der Waals surface area contributed by atoms with Gasteiger partial charge in [-0.25, -0.2) is 0 Å². The van der Waals surface area contributed by atoms with Crippen LogP contribution in [-0.4, -0.2) is 0 Å². The highest BCUT2D eigenvalue weighted by Gasteiger charge is 2.16. The molecule has 0 saturated heterocycles. The first-order chi connectivity index (χ1) is 7.08. The van der Waals surface area contributed by atoms with Crippen molar-refractivity contribution >= 4 is 34.5 Å². The fourth-order valence-electron chi connectivity index (χ4n) is 1.37. The van der Waals surface area contributed by atoms with Gasteiger partial charge in [-0.3, -0.25) is 0 Å². The molecule has 0 aliphatic rings. The third-order valence-electron chi connectivity index (χ3n) is 2.17. The largest absolute Gasteiger partial charge is 0.469 e. The minimum Gasteiger partial charge on any atom is -0.469 e. The molecule has 0 radical (unpaired) electrons. The predicted molar refractivity (Wildman–Crippen MR) is 65.2 cm³/mol. The zero-order chi connectivity index (χ0) is 11.0. The maximum Gasteiger partial charge on any atom is 0.101 e. The topological polar surface area (TPSA) is 13.1 Å². The summed E-state index contributed by atoms with van der Waals surface area (Å²) in [6, 6.07) is 3.97. The van der Waals surface area contributed by atoms with E-state index in [1.165, 1.54) is 11.3 Å². The number of hydrogen-bond donors (Lipinski definition) is 0. The van der Waals surface area contributed by atoms with Gasteiger partial charge in [0.1, 0.15) is 5.76 Å². The van der Waals surface area contributed by atoms with Gasteiger partial charge in [-0.15, -0.1) is 22.9 Å². The summed E-state index contributed by atoms with van der Waals surface area (Å²) >= 11 is 13.8. The van der Waals surface area contributed by atoms with Gasteiger partial charge in [0, 0.05) is 10.4 Å². The SMILES string of the molecule is Cc1cc(C(Cl)c2cc(C)c(Cl)s2)co1. The Morgan fingerprint density at radius 3 is 2.53 bits per heavy atom. The Balaban J connectivity index is 2.31. The van der Waals surface area contributed by atoms with Gasteiger partial charge in [0.2, 0.25) is 0 Å². The van der Waals surface area contributed by atoms with Gasteiger partial charge < -0.3 is 4.42 Å². The molecule has 2 aromatic heterocycles. The highest BCUT2D eigenvalue weighted by atomic mass is 35.5. The fraction of sp³-hybridized carbons (Fsp3) is 0.273. The minimum absolute atomic E-state index is 0.168. The summed E-state index contributed by atoms with van der Waals surface area (Å²) in [5.74, 6) is 0.870. The fourth-order valence-corrected chi connectivity index (χ4v) is 2.90. The van der Waals surface area contributed by atoms with E-state index in [-0.39, 0.29) is 5.38 Å². The Morgan fingerprint density at radius 1 is 1.33 bits per heavy atom. The van der Waals surface area contributed by atoms with Crippen LogP contribution in [0, 0.1) is 13.8 Å². The Bertz CT molecular complexity index is 453. The maximum atomic E-state index is 6.32. The van der Waals surface area contributed by atoms with E-state index in [1.54, 1.807) is 6.26 Å². The lowest BCUT2D eigenvalue weighted by atomic mass is 10.2. The van der Waals surface area contributed by atoms with Crippen molar-refractivity contribution in [3.63, 3.8) is 0 Å². The van der Waals surface area contributed by atoms with Crippen molar-refractivity contribution in [1.82, 2.24) is 0 Å². The van der Waals surface area contributed by atoms with Crippen molar-refractivity contribution in [3.05, 3.63) is 44.5 Å². The molecular weight excluding hydrogens is 251 g/mol. The number of thiophene rings is 1. The Hall–Kier alpha value is -0.440. The summed E-state index contributed by atoms with van der Waals surface area (Å²) in [7, 11) is 0. The molecule has 0 bridgehead atoms. The van der Waals surface area contributed by atoms with E-state index in [1.807, 2.05) is 26.0 Å². The second kappa shape index (κ2) is 4.20. The highest BCUT2D eigenvalue weighted by Crippen LogP contribution is 2.38. The molecule has 0 N–H and O–H groups in total. The number of rotatable bonds is 2. The summed E-state index contributed by atoms with van der Waals surface area (Å²) in [5, 5.41) is -0.168. The van der Waals surface area contributed by atoms with Crippen LogP contribution in [0.1, 0.15) is 27.1 Å². The smallest absolute Gasteiger partial charge is 0.101 e. The standard InChI is InChI=1S/C11H10Cl2OS/c1-6-3-9(15-11(6)13)10(12)8-4-7(2)14-5-8/h3-5,10H,1-2H3. The van der Waals surface area contributed by atoms with Gasteiger partial charge >= 0.3 is 0 Å². The maximum absolute atomic E-state index is 6.32. The summed E-state index contributed by atoms with van der Waals surface area (Å²) in [6.45, 7) is 3.88. The molecule has 0 aliphatic carbocycles. The van der Waals surface area contributed by atoms with Crippen molar-refractivity contribution in [2.24, 2.45) is 0 Å². The first-order valence-electron chi connectivity index (χ1n) is 4.53. The number of furan rings is 1. The van der Waals surface area contributed by atoms with Crippen molar-refractivity contribution < 1.29 is 4.42 Å². The number of alkyl halides is 1. The van der Waals surface area contributed by atoms with Crippen molar-refractivity contribution in [3.8, 4) is 0 Å². The molecule has 2 heterocycles. The molecule has 1 atom stereocenters. The third-order valence-corrected chi connectivity index (χ3v) is 4.41. The predicted octanol–water partition coefficient (Wildman–Crippen LogP) is 4.94. The lowest BCUT2D eigenvalue weighted by Gasteiger charge is -2.02. The normalized spacial score (nSPS) is 13.1. The Morgan fingerprint density at radius 2 is 2.07 bits per heavy atom. The lowest BCUT2D eigenvalue weighted by Crippen LogP contribution is -1.86. The molecule has 1 unspecified atom stereocenters. The molecule has 1 nitrogen and oxygen atoms in total. The third kappa shape index (κ3) is 2.22. The number of halogens is 2. The van der Waals surface area contributed by atoms with Crippen LogP contribution >= 0.6 is 34.5 Å². The van der Waals surface area contributed by atoms with E-state index in [4.69, 9.17) is 27.6 Å². The van der Waals surface area contributed by atoms with E-state index >= 15 is 0 Å². The molecule has 0 spiro atoms. The van der Waals surface area contributed by atoms with Crippen LogP contribution in [-0.2, 0) is 0 Å². The van der Waals surface area contributed by atoms with Crippen LogP contribution in [0.15, 0.2) is 22.8 Å². The quantitative estimate of drug-likeness (QED) is 0.698. The van der Waals surface area contributed by atoms with Crippen LogP contribution in [0.5, 0.6) is 0 Å². The molecular formula is C11H10Cl2OS. The molecule has 0 fully saturated rings. The highest BCUT2D eigenvalue weighted by molar-refractivity contribution is 7.16. The van der Waals surface area contributed by atoms with Gasteiger partial charge in [-0.2, -0.15) is 0 Å². The van der Waals surface area contributed by atoms with E-state index < -0.39 is 0 Å². The van der Waals surface area contributed by atoms with Gasteiger partial charge in [-0.1, -0.05) is 11.6 Å².